The quantitative estimate of drug-likeness (QED) is 0.543. The zero-order valence-corrected chi connectivity index (χ0v) is 10.4. The summed E-state index contributed by atoms with van der Waals surface area (Å²) in [6, 6.07) is 0. The van der Waals surface area contributed by atoms with Crippen molar-refractivity contribution in [3.8, 4) is 0 Å². The van der Waals surface area contributed by atoms with Crippen LogP contribution in [0.1, 0.15) is 33.6 Å². The molecule has 1 rings (SSSR count). The highest BCUT2D eigenvalue weighted by Gasteiger charge is 2.40. The Morgan fingerprint density at radius 1 is 1.31 bits per heavy atom. The van der Waals surface area contributed by atoms with Gasteiger partial charge in [0.2, 0.25) is 0 Å². The minimum absolute atomic E-state index is 0.00674. The van der Waals surface area contributed by atoms with Gasteiger partial charge in [0, 0.05) is 13.0 Å². The Balaban J connectivity index is 2.64. The summed E-state index contributed by atoms with van der Waals surface area (Å²) in [4.78, 5) is 22.7. The number of methoxy groups -OCH3 is 1. The van der Waals surface area contributed by atoms with Crippen LogP contribution in [0, 0.1) is 11.8 Å². The maximum Gasteiger partial charge on any atom is 0.310 e. The van der Waals surface area contributed by atoms with Crippen LogP contribution in [-0.4, -0.2) is 31.1 Å². The van der Waals surface area contributed by atoms with Gasteiger partial charge in [-0.2, -0.15) is 0 Å². The Kier molecular flexibility index (Phi) is 4.08. The van der Waals surface area contributed by atoms with Crippen LogP contribution in [0.3, 0.4) is 0 Å². The van der Waals surface area contributed by atoms with Crippen molar-refractivity contribution in [2.45, 2.75) is 45.3 Å². The summed E-state index contributed by atoms with van der Waals surface area (Å²) in [5, 5.41) is 0. The molecule has 0 radical (unpaired) electrons. The molecule has 0 aromatic carbocycles. The molecule has 3 atom stereocenters. The zero-order valence-electron chi connectivity index (χ0n) is 10.4. The predicted molar refractivity (Wildman–Crippen MR) is 58.9 cm³/mol. The topological polar surface area (TPSA) is 52.6 Å². The van der Waals surface area contributed by atoms with Crippen LogP contribution in [0.4, 0.5) is 0 Å². The first-order chi connectivity index (χ1) is 7.37. The second kappa shape index (κ2) is 4.95. The molecule has 1 saturated carbocycles. The molecule has 4 nitrogen and oxygen atoms in total. The smallest absolute Gasteiger partial charge is 0.310 e. The van der Waals surface area contributed by atoms with Gasteiger partial charge in [0.25, 0.3) is 0 Å². The summed E-state index contributed by atoms with van der Waals surface area (Å²) in [6.45, 7) is 5.47. The molecule has 16 heavy (non-hydrogen) atoms. The lowest BCUT2D eigenvalue weighted by Crippen LogP contribution is -2.30. The van der Waals surface area contributed by atoms with Crippen LogP contribution in [0.2, 0.25) is 0 Å². The Labute approximate surface area is 96.3 Å². The summed E-state index contributed by atoms with van der Waals surface area (Å²) < 4.78 is 10.5. The number of hydrogen-bond acceptors (Lipinski definition) is 4. The molecule has 0 spiro atoms. The van der Waals surface area contributed by atoms with E-state index in [2.05, 4.69) is 0 Å². The lowest BCUT2D eigenvalue weighted by atomic mass is 9.97. The molecule has 92 valence electrons. The first-order valence-electron chi connectivity index (χ1n) is 5.58. The van der Waals surface area contributed by atoms with E-state index in [9.17, 15) is 9.59 Å². The largest absolute Gasteiger partial charge is 0.460 e. The molecule has 0 bridgehead atoms. The first kappa shape index (κ1) is 13.2. The molecule has 4 heteroatoms. The Hall–Kier alpha value is -0.900. The normalized spacial score (nSPS) is 30.1. The third-order valence-corrected chi connectivity index (χ3v) is 2.79. The molecule has 0 aromatic heterocycles. The fourth-order valence-electron chi connectivity index (χ4n) is 2.01. The van der Waals surface area contributed by atoms with Crippen LogP contribution in [-0.2, 0) is 19.1 Å². The minimum Gasteiger partial charge on any atom is -0.460 e. The van der Waals surface area contributed by atoms with Gasteiger partial charge in [-0.05, 0) is 33.6 Å². The summed E-state index contributed by atoms with van der Waals surface area (Å²) in [7, 11) is 1.60. The van der Waals surface area contributed by atoms with Gasteiger partial charge in [0.05, 0.1) is 12.0 Å². The van der Waals surface area contributed by atoms with Crippen molar-refractivity contribution in [1.29, 1.82) is 0 Å². The number of esters is 1. The number of carbonyl (C=O) groups excluding carboxylic acids is 2. The van der Waals surface area contributed by atoms with E-state index < -0.39 is 5.60 Å². The molecular formula is C12H20O4. The third-order valence-electron chi connectivity index (χ3n) is 2.79. The van der Waals surface area contributed by atoms with Gasteiger partial charge in [0.15, 0.2) is 0 Å². The van der Waals surface area contributed by atoms with E-state index in [0.29, 0.717) is 12.8 Å². The predicted octanol–water partition coefficient (Wildman–Crippen LogP) is 1.57. The number of ether oxygens (including phenoxy) is 2. The second-order valence-corrected chi connectivity index (χ2v) is 5.27. The van der Waals surface area contributed by atoms with Gasteiger partial charge in [-0.3, -0.25) is 4.79 Å². The number of rotatable bonds is 3. The van der Waals surface area contributed by atoms with E-state index in [1.54, 1.807) is 7.11 Å². The highest BCUT2D eigenvalue weighted by Crippen LogP contribution is 2.34. The maximum absolute atomic E-state index is 11.9. The summed E-state index contributed by atoms with van der Waals surface area (Å²) in [6.07, 6.45) is 2.03. The van der Waals surface area contributed by atoms with Crippen LogP contribution < -0.4 is 0 Å². The molecule has 0 aliphatic heterocycles. The Morgan fingerprint density at radius 3 is 2.38 bits per heavy atom. The number of aldehydes is 1. The number of carbonyl (C=O) groups is 2. The first-order valence-corrected chi connectivity index (χ1v) is 5.58. The summed E-state index contributed by atoms with van der Waals surface area (Å²) in [5.41, 5.74) is -0.504. The van der Waals surface area contributed by atoms with Crippen molar-refractivity contribution in [2.75, 3.05) is 7.11 Å². The molecule has 0 heterocycles. The third kappa shape index (κ3) is 3.30. The van der Waals surface area contributed by atoms with Gasteiger partial charge >= 0.3 is 5.97 Å². The molecule has 0 N–H and O–H groups in total. The van der Waals surface area contributed by atoms with Crippen LogP contribution >= 0.6 is 0 Å². The molecule has 3 unspecified atom stereocenters. The number of hydrogen-bond donors (Lipinski definition) is 0. The summed E-state index contributed by atoms with van der Waals surface area (Å²) in [5.74, 6) is -0.898. The molecule has 1 fully saturated rings. The standard InChI is InChI=1S/C12H20O4/c1-12(2,3)16-11(14)10-6-9(15-4)5-8(10)7-13/h7-10H,5-6H2,1-4H3. The van der Waals surface area contributed by atoms with E-state index in [0.717, 1.165) is 6.29 Å². The van der Waals surface area contributed by atoms with Crippen LogP contribution in [0.15, 0.2) is 0 Å². The van der Waals surface area contributed by atoms with E-state index >= 15 is 0 Å². The van der Waals surface area contributed by atoms with Gasteiger partial charge in [-0.1, -0.05) is 0 Å². The highest BCUT2D eigenvalue weighted by atomic mass is 16.6. The van der Waals surface area contributed by atoms with Crippen molar-refractivity contribution in [3.63, 3.8) is 0 Å². The van der Waals surface area contributed by atoms with Crippen molar-refractivity contribution < 1.29 is 19.1 Å². The van der Waals surface area contributed by atoms with E-state index in [1.165, 1.54) is 0 Å². The lowest BCUT2D eigenvalue weighted by Gasteiger charge is -2.23. The SMILES string of the molecule is COC1CC(C=O)C(C(=O)OC(C)(C)C)C1. The van der Waals surface area contributed by atoms with Crippen LogP contribution in [0.25, 0.3) is 0 Å². The van der Waals surface area contributed by atoms with Gasteiger partial charge < -0.3 is 14.3 Å². The van der Waals surface area contributed by atoms with Crippen molar-refractivity contribution in [1.82, 2.24) is 0 Å². The molecule has 0 amide bonds. The molecule has 0 aromatic rings. The van der Waals surface area contributed by atoms with Crippen molar-refractivity contribution in [2.24, 2.45) is 11.8 Å². The Morgan fingerprint density at radius 2 is 1.94 bits per heavy atom. The Bertz CT molecular complexity index is 267. The van der Waals surface area contributed by atoms with Gasteiger partial charge in [0.1, 0.15) is 11.9 Å². The zero-order chi connectivity index (χ0) is 12.3. The maximum atomic E-state index is 11.9. The lowest BCUT2D eigenvalue weighted by molar-refractivity contribution is -0.162. The van der Waals surface area contributed by atoms with Gasteiger partial charge in [-0.15, -0.1) is 0 Å². The van der Waals surface area contributed by atoms with Crippen molar-refractivity contribution >= 4 is 12.3 Å². The molecular weight excluding hydrogens is 208 g/mol. The average molecular weight is 228 g/mol. The average Bonchev–Trinajstić information content (AvgIpc) is 2.58. The highest BCUT2D eigenvalue weighted by molar-refractivity contribution is 5.78. The monoisotopic (exact) mass is 228 g/mol. The van der Waals surface area contributed by atoms with E-state index in [1.807, 2.05) is 20.8 Å². The fraction of sp³-hybridized carbons (Fsp3) is 0.833. The molecule has 1 aliphatic carbocycles. The van der Waals surface area contributed by atoms with Crippen LogP contribution in [0.5, 0.6) is 0 Å². The fourth-order valence-corrected chi connectivity index (χ4v) is 2.01. The minimum atomic E-state index is -0.504. The van der Waals surface area contributed by atoms with Gasteiger partial charge in [-0.25, -0.2) is 0 Å². The summed E-state index contributed by atoms with van der Waals surface area (Å²) >= 11 is 0. The van der Waals surface area contributed by atoms with Crippen molar-refractivity contribution in [3.05, 3.63) is 0 Å². The molecule has 0 saturated heterocycles. The molecule has 1 aliphatic rings. The van der Waals surface area contributed by atoms with E-state index in [4.69, 9.17) is 9.47 Å². The van der Waals surface area contributed by atoms with E-state index in [-0.39, 0.29) is 23.9 Å². The second-order valence-electron chi connectivity index (χ2n) is 5.27.